The second kappa shape index (κ2) is 88.7. The highest BCUT2D eigenvalue weighted by molar-refractivity contribution is 4.47. The Morgan fingerprint density at radius 2 is 0.500 bits per heavy atom. The summed E-state index contributed by atoms with van der Waals surface area (Å²) >= 11 is 0. The van der Waals surface area contributed by atoms with Crippen LogP contribution >= 0.6 is 0 Å². The molecule has 0 aliphatic heterocycles. The zero-order valence-corrected chi connectivity index (χ0v) is 5.40. The van der Waals surface area contributed by atoms with Crippen molar-refractivity contribution in [1.29, 1.82) is 0 Å². The van der Waals surface area contributed by atoms with Gasteiger partial charge in [-0.1, -0.05) is 0 Å². The zero-order chi connectivity index (χ0) is 8.00. The summed E-state index contributed by atoms with van der Waals surface area (Å²) in [5.41, 5.74) is 0. The minimum atomic E-state index is 3.00. The Hall–Kier alpha value is -1.22. The maximum Gasteiger partial charge on any atom is -0.106 e. The third-order valence-corrected chi connectivity index (χ3v) is 0. The van der Waals surface area contributed by atoms with Gasteiger partial charge in [0.25, 0.3) is 0 Å². The van der Waals surface area contributed by atoms with Crippen LogP contribution in [0.5, 0.6) is 0 Å². The molecule has 0 aromatic heterocycles. The van der Waals surface area contributed by atoms with Crippen molar-refractivity contribution in [1.82, 2.24) is 0 Å². The Balaban J connectivity index is -0.0000000133. The van der Waals surface area contributed by atoms with Gasteiger partial charge in [0.15, 0.2) is 0 Å². The first kappa shape index (κ1) is 29.3. The van der Waals surface area contributed by atoms with Gasteiger partial charge in [0.2, 0.25) is 0 Å². The van der Waals surface area contributed by atoms with E-state index in [2.05, 4.69) is 52.3 Å². The van der Waals surface area contributed by atoms with Crippen LogP contribution in [0.4, 0.5) is 0 Å². The van der Waals surface area contributed by atoms with Crippen LogP contribution < -0.4 is 0 Å². The summed E-state index contributed by atoms with van der Waals surface area (Å²) in [6, 6.07) is 0. The van der Waals surface area contributed by atoms with Crippen molar-refractivity contribution in [2.24, 2.45) is 0 Å². The molecule has 0 saturated heterocycles. The molecule has 0 aliphatic carbocycles. The molecule has 46 valence electrons. The number of terminal acetylenes is 1. The van der Waals surface area contributed by atoms with Gasteiger partial charge in [-0.25, -0.2) is 0 Å². The Kier molecular flexibility index (Phi) is 325. The quantitative estimate of drug-likeness (QED) is 0.332. The summed E-state index contributed by atoms with van der Waals surface area (Å²) < 4.78 is 0. The van der Waals surface area contributed by atoms with Gasteiger partial charge in [0.05, 0.1) is 0 Å². The minimum Gasteiger partial charge on any atom is -0.124 e. The third-order valence-electron chi connectivity index (χ3n) is 0. The second-order valence-corrected chi connectivity index (χ2v) is 0. The molecule has 0 unspecified atom stereocenters. The van der Waals surface area contributed by atoms with E-state index in [4.69, 9.17) is 0 Å². The van der Waals surface area contributed by atoms with E-state index in [9.17, 15) is 0 Å². The monoisotopic (exact) mass is 110 g/mol. The van der Waals surface area contributed by atoms with Gasteiger partial charge in [0, 0.05) is 0 Å². The molecule has 0 rings (SSSR count). The van der Waals surface area contributed by atoms with Crippen molar-refractivity contribution in [2.75, 3.05) is 0 Å². The molecule has 0 fully saturated rings. The fraction of sp³-hybridized carbons (Fsp3) is 0. The average molecular weight is 110 g/mol. The summed E-state index contributed by atoms with van der Waals surface area (Å²) in [6.45, 7) is 18.0. The maximum atomic E-state index is 4.00. The number of rotatable bonds is 0. The average Bonchev–Trinajstić information content (AvgIpc) is 2.03. The maximum absolute atomic E-state index is 4.00. The Morgan fingerprint density at radius 1 is 0.500 bits per heavy atom. The zero-order valence-electron chi connectivity index (χ0n) is 5.40. The van der Waals surface area contributed by atoms with Gasteiger partial charge in [-0.3, -0.25) is 0 Å². The summed E-state index contributed by atoms with van der Waals surface area (Å²) in [5, 5.41) is 0. The molecule has 0 amide bonds. The Labute approximate surface area is 53.2 Å². The van der Waals surface area contributed by atoms with Gasteiger partial charge in [-0.2, -0.15) is 0 Å². The topological polar surface area (TPSA) is 0 Å². The van der Waals surface area contributed by atoms with Crippen molar-refractivity contribution in [3.63, 3.8) is 0 Å². The first-order valence-corrected chi connectivity index (χ1v) is 1.83. The molecule has 0 heterocycles. The standard InChI is InChI=1S/3C2H4.C2H2/c4*1-2/h3*1-2H2;1-2H. The van der Waals surface area contributed by atoms with Gasteiger partial charge in [-0.15, -0.1) is 52.3 Å². The predicted octanol–water partition coefficient (Wildman–Crippen LogP) is 2.66. The van der Waals surface area contributed by atoms with Crippen molar-refractivity contribution in [3.8, 4) is 12.8 Å². The summed E-state index contributed by atoms with van der Waals surface area (Å²) in [4.78, 5) is 0. The molecule has 8 heavy (non-hydrogen) atoms. The fourth-order valence-corrected chi connectivity index (χ4v) is 0. The Morgan fingerprint density at radius 3 is 0.500 bits per heavy atom. The molecule has 0 atom stereocenters. The van der Waals surface area contributed by atoms with E-state index < -0.39 is 0 Å². The molecule has 0 nitrogen and oxygen atoms in total. The lowest BCUT2D eigenvalue weighted by atomic mass is 11.3. The van der Waals surface area contributed by atoms with Crippen LogP contribution in [0.1, 0.15) is 0 Å². The minimum absolute atomic E-state index is 3.00. The molecule has 0 N–H and O–H groups in total. The summed E-state index contributed by atoms with van der Waals surface area (Å²) in [5.74, 6) is 0. The van der Waals surface area contributed by atoms with Crippen molar-refractivity contribution in [2.45, 2.75) is 0 Å². The molecule has 0 spiro atoms. The van der Waals surface area contributed by atoms with Gasteiger partial charge in [-0.05, 0) is 0 Å². The van der Waals surface area contributed by atoms with Crippen molar-refractivity contribution < 1.29 is 0 Å². The summed E-state index contributed by atoms with van der Waals surface area (Å²) in [7, 11) is 0. The van der Waals surface area contributed by atoms with Crippen LogP contribution in [0.25, 0.3) is 0 Å². The van der Waals surface area contributed by atoms with E-state index in [0.717, 1.165) is 0 Å². The van der Waals surface area contributed by atoms with Gasteiger partial charge < -0.3 is 0 Å². The van der Waals surface area contributed by atoms with Crippen LogP contribution in [0.3, 0.4) is 0 Å². The highest BCUT2D eigenvalue weighted by Gasteiger charge is 0.605. The summed E-state index contributed by atoms with van der Waals surface area (Å²) in [6.07, 6.45) is 8.00. The van der Waals surface area contributed by atoms with Crippen LogP contribution in [0, 0.1) is 12.8 Å². The highest BCUT2D eigenvalue weighted by Crippen LogP contribution is 0.866. The van der Waals surface area contributed by atoms with Crippen LogP contribution in [-0.2, 0) is 0 Å². The predicted molar refractivity (Wildman–Crippen MR) is 43.7 cm³/mol. The molecular formula is C8H14. The van der Waals surface area contributed by atoms with Crippen LogP contribution in [0.15, 0.2) is 39.5 Å². The largest absolute Gasteiger partial charge is 0.124 e. The van der Waals surface area contributed by atoms with E-state index in [0.29, 0.717) is 0 Å². The lowest BCUT2D eigenvalue weighted by molar-refractivity contribution is 2.81. The second-order valence-electron chi connectivity index (χ2n) is 0. The normalized spacial score (nSPS) is 1.75. The molecular weight excluding hydrogens is 96.1 g/mol. The molecule has 0 radical (unpaired) electrons. The lowest BCUT2D eigenvalue weighted by Crippen LogP contribution is -0.576. The van der Waals surface area contributed by atoms with E-state index in [1.54, 1.807) is 0 Å². The molecule has 0 bridgehead atoms. The van der Waals surface area contributed by atoms with Crippen molar-refractivity contribution >= 4 is 0 Å². The molecule has 0 aliphatic rings. The molecule has 0 aromatic rings. The highest BCUT2D eigenvalue weighted by atomic mass is 12.7. The smallest absolute Gasteiger partial charge is 0.106 e. The third kappa shape index (κ3) is 45.9. The molecule has 0 saturated carbocycles. The molecule has 0 heteroatoms. The van der Waals surface area contributed by atoms with E-state index >= 15 is 0 Å². The van der Waals surface area contributed by atoms with Crippen LogP contribution in [0.2, 0.25) is 0 Å². The van der Waals surface area contributed by atoms with Crippen LogP contribution in [-0.4, -0.2) is 0 Å². The first-order chi connectivity index (χ1) is 4.00. The van der Waals surface area contributed by atoms with Gasteiger partial charge >= 0.3 is 0 Å². The number of hydrogen-bond acceptors (Lipinski definition) is 0. The first-order valence-electron chi connectivity index (χ1n) is 1.83. The SMILES string of the molecule is C#C.C=C.C=C.C=C. The van der Waals surface area contributed by atoms with Crippen molar-refractivity contribution in [3.05, 3.63) is 39.5 Å². The van der Waals surface area contributed by atoms with E-state index in [1.807, 2.05) is 0 Å². The Bertz CT molecular complexity index is 21.5. The lowest BCUT2D eigenvalue weighted by Gasteiger charge is -0.813. The van der Waals surface area contributed by atoms with Gasteiger partial charge in [0.1, 0.15) is 0 Å². The number of hydrogen-bond donors (Lipinski definition) is 0. The molecule has 0 aromatic carbocycles. The van der Waals surface area contributed by atoms with E-state index in [1.165, 1.54) is 0 Å². The fourth-order valence-electron chi connectivity index (χ4n) is 0. The van der Waals surface area contributed by atoms with E-state index in [-0.39, 0.29) is 0 Å².